The van der Waals surface area contributed by atoms with E-state index in [1.165, 1.54) is 4.90 Å². The Hall–Kier alpha value is -1.79. The zero-order valence-corrected chi connectivity index (χ0v) is 14.6. The average Bonchev–Trinajstić information content (AvgIpc) is 2.43. The van der Waals surface area contributed by atoms with Crippen molar-refractivity contribution in [3.8, 4) is 0 Å². The average molecular weight is 329 g/mol. The number of amides is 1. The Balaban J connectivity index is 2.64. The van der Waals surface area contributed by atoms with Gasteiger partial charge in [-0.2, -0.15) is 0 Å². The van der Waals surface area contributed by atoms with Crippen LogP contribution in [-0.2, 0) is 19.0 Å². The van der Waals surface area contributed by atoms with Crippen molar-refractivity contribution >= 4 is 18.2 Å². The molecule has 0 aliphatic carbocycles. The molecule has 1 heterocycles. The second-order valence-corrected chi connectivity index (χ2v) is 7.06. The third-order valence-electron chi connectivity index (χ3n) is 3.12. The first-order chi connectivity index (χ1) is 10.6. The molecular weight excluding hydrogens is 302 g/mol. The Morgan fingerprint density at radius 3 is 2.39 bits per heavy atom. The Morgan fingerprint density at radius 2 is 1.83 bits per heavy atom. The first-order valence-electron chi connectivity index (χ1n) is 7.98. The second-order valence-electron chi connectivity index (χ2n) is 7.06. The van der Waals surface area contributed by atoms with Crippen LogP contribution in [0.4, 0.5) is 9.59 Å². The smallest absolute Gasteiger partial charge is 0.444 e. The molecule has 7 nitrogen and oxygen atoms in total. The lowest BCUT2D eigenvalue weighted by atomic mass is 10.0. The summed E-state index contributed by atoms with van der Waals surface area (Å²) in [7, 11) is 0. The van der Waals surface area contributed by atoms with Gasteiger partial charge in [0.05, 0.1) is 6.61 Å². The standard InChI is InChI=1S/C16H27NO6/c1-11(2)10-21-15(20)22-13(18)12-8-6-7-9-17(12)14(19)23-16(3,4)5/h11-12H,6-10H2,1-5H3/t12-/m0/s1. The predicted molar refractivity (Wildman–Crippen MR) is 82.9 cm³/mol. The van der Waals surface area contributed by atoms with Crippen LogP contribution >= 0.6 is 0 Å². The molecule has 0 radical (unpaired) electrons. The summed E-state index contributed by atoms with van der Waals surface area (Å²) in [6.45, 7) is 9.59. The zero-order chi connectivity index (χ0) is 17.6. The summed E-state index contributed by atoms with van der Waals surface area (Å²) in [5, 5.41) is 0. The summed E-state index contributed by atoms with van der Waals surface area (Å²) >= 11 is 0. The molecule has 132 valence electrons. The van der Waals surface area contributed by atoms with Gasteiger partial charge in [-0.25, -0.2) is 14.4 Å². The summed E-state index contributed by atoms with van der Waals surface area (Å²) in [6.07, 6.45) is 0.393. The van der Waals surface area contributed by atoms with Crippen LogP contribution in [0, 0.1) is 5.92 Å². The summed E-state index contributed by atoms with van der Waals surface area (Å²) in [5.41, 5.74) is -0.654. The van der Waals surface area contributed by atoms with Gasteiger partial charge in [-0.1, -0.05) is 13.8 Å². The Morgan fingerprint density at radius 1 is 1.17 bits per heavy atom. The van der Waals surface area contributed by atoms with E-state index in [0.717, 1.165) is 12.8 Å². The van der Waals surface area contributed by atoms with Crippen molar-refractivity contribution in [2.45, 2.75) is 65.5 Å². The Labute approximate surface area is 137 Å². The fraction of sp³-hybridized carbons (Fsp3) is 0.812. The van der Waals surface area contributed by atoms with E-state index < -0.39 is 29.9 Å². The monoisotopic (exact) mass is 329 g/mol. The molecule has 0 unspecified atom stereocenters. The number of hydrogen-bond acceptors (Lipinski definition) is 6. The van der Waals surface area contributed by atoms with E-state index in [1.54, 1.807) is 20.8 Å². The summed E-state index contributed by atoms with van der Waals surface area (Å²) in [4.78, 5) is 37.2. The number of nitrogens with zero attached hydrogens (tertiary/aromatic N) is 1. The largest absolute Gasteiger partial charge is 0.516 e. The minimum atomic E-state index is -1.03. The Kier molecular flexibility index (Phi) is 6.84. The quantitative estimate of drug-likeness (QED) is 0.584. The van der Waals surface area contributed by atoms with Crippen LogP contribution in [0.15, 0.2) is 0 Å². The van der Waals surface area contributed by atoms with Crippen molar-refractivity contribution in [1.82, 2.24) is 4.90 Å². The van der Waals surface area contributed by atoms with Crippen molar-refractivity contribution in [3.63, 3.8) is 0 Å². The highest BCUT2D eigenvalue weighted by molar-refractivity contribution is 5.88. The minimum Gasteiger partial charge on any atom is -0.444 e. The van der Waals surface area contributed by atoms with Crippen LogP contribution in [0.2, 0.25) is 0 Å². The van der Waals surface area contributed by atoms with Crippen molar-refractivity contribution < 1.29 is 28.6 Å². The molecule has 7 heteroatoms. The van der Waals surface area contributed by atoms with Gasteiger partial charge in [-0.3, -0.25) is 4.90 Å². The number of likely N-dealkylation sites (tertiary alicyclic amines) is 1. The lowest BCUT2D eigenvalue weighted by Gasteiger charge is -2.34. The van der Waals surface area contributed by atoms with Crippen LogP contribution in [-0.4, -0.2) is 47.9 Å². The lowest BCUT2D eigenvalue weighted by molar-refractivity contribution is -0.147. The minimum absolute atomic E-state index is 0.144. The van der Waals surface area contributed by atoms with Crippen molar-refractivity contribution in [1.29, 1.82) is 0 Å². The van der Waals surface area contributed by atoms with Crippen LogP contribution < -0.4 is 0 Å². The third kappa shape index (κ3) is 6.88. The highest BCUT2D eigenvalue weighted by atomic mass is 16.7. The highest BCUT2D eigenvalue weighted by Gasteiger charge is 2.37. The summed E-state index contributed by atoms with van der Waals surface area (Å²) < 4.78 is 14.8. The number of rotatable bonds is 3. The SMILES string of the molecule is CC(C)COC(=O)OC(=O)[C@@H]1CCCCN1C(=O)OC(C)(C)C. The van der Waals surface area contributed by atoms with Crippen LogP contribution in [0.25, 0.3) is 0 Å². The van der Waals surface area contributed by atoms with E-state index in [1.807, 2.05) is 13.8 Å². The molecule has 1 fully saturated rings. The molecule has 1 rings (SSSR count). The lowest BCUT2D eigenvalue weighted by Crippen LogP contribution is -2.50. The van der Waals surface area contributed by atoms with Gasteiger partial charge in [0.2, 0.25) is 0 Å². The van der Waals surface area contributed by atoms with E-state index in [9.17, 15) is 14.4 Å². The third-order valence-corrected chi connectivity index (χ3v) is 3.12. The van der Waals surface area contributed by atoms with E-state index >= 15 is 0 Å². The molecule has 0 aromatic carbocycles. The maximum Gasteiger partial charge on any atom is 0.516 e. The predicted octanol–water partition coefficient (Wildman–Crippen LogP) is 3.11. The van der Waals surface area contributed by atoms with Gasteiger partial charge in [0.1, 0.15) is 11.6 Å². The molecule has 0 spiro atoms. The van der Waals surface area contributed by atoms with Crippen molar-refractivity contribution in [2.24, 2.45) is 5.92 Å². The molecule has 0 N–H and O–H groups in total. The molecule has 1 atom stereocenters. The normalized spacial score (nSPS) is 18.5. The van der Waals surface area contributed by atoms with Crippen LogP contribution in [0.3, 0.4) is 0 Å². The number of carbonyl (C=O) groups is 3. The molecule has 0 bridgehead atoms. The van der Waals surface area contributed by atoms with E-state index in [0.29, 0.717) is 13.0 Å². The molecule has 1 aliphatic rings. The van der Waals surface area contributed by atoms with Crippen molar-refractivity contribution in [2.75, 3.05) is 13.2 Å². The van der Waals surface area contributed by atoms with Gasteiger partial charge in [-0.15, -0.1) is 0 Å². The van der Waals surface area contributed by atoms with E-state index in [2.05, 4.69) is 0 Å². The second kappa shape index (κ2) is 8.17. The molecule has 1 saturated heterocycles. The van der Waals surface area contributed by atoms with Gasteiger partial charge >= 0.3 is 18.2 Å². The molecule has 0 saturated carbocycles. The highest BCUT2D eigenvalue weighted by Crippen LogP contribution is 2.21. The van der Waals surface area contributed by atoms with Crippen LogP contribution in [0.5, 0.6) is 0 Å². The van der Waals surface area contributed by atoms with Gasteiger partial charge < -0.3 is 14.2 Å². The maximum absolute atomic E-state index is 12.2. The molecule has 0 aromatic rings. The Bertz CT molecular complexity index is 440. The van der Waals surface area contributed by atoms with Crippen LogP contribution in [0.1, 0.15) is 53.9 Å². The topological polar surface area (TPSA) is 82.1 Å². The molecular formula is C16H27NO6. The molecule has 23 heavy (non-hydrogen) atoms. The molecule has 1 aliphatic heterocycles. The van der Waals surface area contributed by atoms with E-state index in [-0.39, 0.29) is 12.5 Å². The fourth-order valence-electron chi connectivity index (χ4n) is 2.13. The maximum atomic E-state index is 12.2. The van der Waals surface area contributed by atoms with Gasteiger partial charge in [-0.05, 0) is 46.0 Å². The van der Waals surface area contributed by atoms with Crippen molar-refractivity contribution in [3.05, 3.63) is 0 Å². The number of carbonyl (C=O) groups excluding carboxylic acids is 3. The first kappa shape index (κ1) is 19.3. The van der Waals surface area contributed by atoms with Gasteiger partial charge in [0, 0.05) is 6.54 Å². The number of piperidine rings is 1. The van der Waals surface area contributed by atoms with E-state index in [4.69, 9.17) is 14.2 Å². The number of ether oxygens (including phenoxy) is 3. The fourth-order valence-corrected chi connectivity index (χ4v) is 2.13. The molecule has 1 amide bonds. The van der Waals surface area contributed by atoms with Gasteiger partial charge in [0.15, 0.2) is 0 Å². The number of esters is 1. The zero-order valence-electron chi connectivity index (χ0n) is 14.6. The summed E-state index contributed by atoms with van der Waals surface area (Å²) in [5.74, 6) is -0.630. The molecule has 0 aromatic heterocycles. The first-order valence-corrected chi connectivity index (χ1v) is 7.98. The number of hydrogen-bond donors (Lipinski definition) is 0. The summed E-state index contributed by atoms with van der Waals surface area (Å²) in [6, 6.07) is -0.815. The van der Waals surface area contributed by atoms with Gasteiger partial charge in [0.25, 0.3) is 0 Å².